The Labute approximate surface area is 169 Å². The van der Waals surface area contributed by atoms with Crippen molar-refractivity contribution in [1.82, 2.24) is 4.31 Å². The molecule has 0 saturated carbocycles. The summed E-state index contributed by atoms with van der Waals surface area (Å²) in [6.45, 7) is 1.08. The van der Waals surface area contributed by atoms with Crippen molar-refractivity contribution < 1.29 is 26.4 Å². The number of piperazine rings is 1. The number of methoxy groups -OCH3 is 1. The van der Waals surface area contributed by atoms with E-state index in [1.165, 1.54) is 29.6 Å². The van der Waals surface area contributed by atoms with E-state index in [9.17, 15) is 21.6 Å². The molecule has 2 aromatic carbocycles. The number of carbonyl (C=O) groups is 1. The van der Waals surface area contributed by atoms with Gasteiger partial charge in [-0.25, -0.2) is 26.8 Å². The Hall–Kier alpha value is -2.47. The monoisotopic (exact) mass is 439 g/mol. The molecule has 1 aliphatic rings. The van der Waals surface area contributed by atoms with Crippen LogP contribution < -0.4 is 10.0 Å². The third kappa shape index (κ3) is 4.42. The van der Waals surface area contributed by atoms with Gasteiger partial charge in [0.2, 0.25) is 20.0 Å². The molecule has 1 aliphatic heterocycles. The van der Waals surface area contributed by atoms with E-state index in [1.807, 2.05) is 4.90 Å². The lowest BCUT2D eigenvalue weighted by Crippen LogP contribution is -2.49. The highest BCUT2D eigenvalue weighted by molar-refractivity contribution is 7.89. The Bertz CT molecular complexity index is 1110. The quantitative estimate of drug-likeness (QED) is 0.677. The Balaban J connectivity index is 1.85. The topological polar surface area (TPSA) is 127 Å². The molecule has 0 bridgehead atoms. The summed E-state index contributed by atoms with van der Waals surface area (Å²) in [4.78, 5) is 14.0. The summed E-state index contributed by atoms with van der Waals surface area (Å²) in [5.41, 5.74) is 0.513. The maximum absolute atomic E-state index is 12.8. The molecule has 2 aromatic rings. The van der Waals surface area contributed by atoms with Crippen LogP contribution in [0.25, 0.3) is 0 Å². The number of esters is 1. The van der Waals surface area contributed by atoms with E-state index in [4.69, 9.17) is 9.88 Å². The van der Waals surface area contributed by atoms with Gasteiger partial charge in [0.05, 0.1) is 28.2 Å². The van der Waals surface area contributed by atoms with Crippen LogP contribution in [0, 0.1) is 0 Å². The number of benzene rings is 2. The molecule has 1 saturated heterocycles. The van der Waals surface area contributed by atoms with Crippen LogP contribution in [0.2, 0.25) is 0 Å². The summed E-state index contributed by atoms with van der Waals surface area (Å²) in [5, 5.41) is 5.15. The van der Waals surface area contributed by atoms with Gasteiger partial charge in [0.25, 0.3) is 0 Å². The minimum atomic E-state index is -3.99. The van der Waals surface area contributed by atoms with Crippen LogP contribution in [0.3, 0.4) is 0 Å². The molecule has 11 heteroatoms. The van der Waals surface area contributed by atoms with Crippen molar-refractivity contribution in [3.05, 3.63) is 54.1 Å². The second-order valence-corrected chi connectivity index (χ2v) is 9.92. The highest BCUT2D eigenvalue weighted by Crippen LogP contribution is 2.27. The second-order valence-electron chi connectivity index (χ2n) is 6.42. The zero-order valence-electron chi connectivity index (χ0n) is 15.7. The summed E-state index contributed by atoms with van der Waals surface area (Å²) in [6.07, 6.45) is 0. The molecule has 0 amide bonds. The molecule has 156 valence electrons. The highest BCUT2D eigenvalue weighted by Gasteiger charge is 2.30. The van der Waals surface area contributed by atoms with Crippen molar-refractivity contribution >= 4 is 31.7 Å². The van der Waals surface area contributed by atoms with E-state index in [-0.39, 0.29) is 28.4 Å². The second kappa shape index (κ2) is 8.11. The zero-order chi connectivity index (χ0) is 21.2. The lowest BCUT2D eigenvalue weighted by molar-refractivity contribution is 0.0601. The molecule has 1 heterocycles. The maximum Gasteiger partial charge on any atom is 0.340 e. The summed E-state index contributed by atoms with van der Waals surface area (Å²) in [6, 6.07) is 12.1. The van der Waals surface area contributed by atoms with Gasteiger partial charge < -0.3 is 9.64 Å². The van der Waals surface area contributed by atoms with E-state index < -0.39 is 26.0 Å². The third-order valence-corrected chi connectivity index (χ3v) is 7.49. The molecular formula is C18H21N3O6S2. The van der Waals surface area contributed by atoms with Crippen molar-refractivity contribution in [2.24, 2.45) is 5.14 Å². The molecule has 29 heavy (non-hydrogen) atoms. The van der Waals surface area contributed by atoms with Crippen molar-refractivity contribution in [3.63, 3.8) is 0 Å². The maximum atomic E-state index is 12.8. The molecule has 0 spiro atoms. The number of anilines is 1. The van der Waals surface area contributed by atoms with Crippen molar-refractivity contribution in [2.75, 3.05) is 38.2 Å². The Morgan fingerprint density at radius 2 is 1.55 bits per heavy atom. The van der Waals surface area contributed by atoms with Gasteiger partial charge in [-0.3, -0.25) is 0 Å². The Morgan fingerprint density at radius 3 is 2.10 bits per heavy atom. The molecule has 0 unspecified atom stereocenters. The van der Waals surface area contributed by atoms with Crippen molar-refractivity contribution in [3.8, 4) is 0 Å². The van der Waals surface area contributed by atoms with Gasteiger partial charge in [-0.15, -0.1) is 0 Å². The SMILES string of the molecule is COC(=O)c1cc(S(N)(=O)=O)ccc1N1CCN(S(=O)(=O)c2ccccc2)CC1. The molecule has 0 aliphatic carbocycles. The first-order valence-corrected chi connectivity index (χ1v) is 11.7. The molecule has 0 radical (unpaired) electrons. The average molecular weight is 440 g/mol. The predicted molar refractivity (Wildman–Crippen MR) is 107 cm³/mol. The van der Waals surface area contributed by atoms with Crippen LogP contribution >= 0.6 is 0 Å². The van der Waals surface area contributed by atoms with E-state index >= 15 is 0 Å². The van der Waals surface area contributed by atoms with Crippen LogP contribution in [0.1, 0.15) is 10.4 Å². The first-order chi connectivity index (χ1) is 13.6. The number of sulfonamides is 2. The first-order valence-electron chi connectivity index (χ1n) is 8.70. The lowest BCUT2D eigenvalue weighted by atomic mass is 10.1. The zero-order valence-corrected chi connectivity index (χ0v) is 17.3. The first kappa shape index (κ1) is 21.2. The lowest BCUT2D eigenvalue weighted by Gasteiger charge is -2.36. The fourth-order valence-electron chi connectivity index (χ4n) is 3.15. The Kier molecular flexibility index (Phi) is 5.94. The molecule has 3 rings (SSSR count). The van der Waals surface area contributed by atoms with Gasteiger partial charge in [0, 0.05) is 26.2 Å². The summed E-state index contributed by atoms with van der Waals surface area (Å²) in [7, 11) is -6.40. The largest absolute Gasteiger partial charge is 0.465 e. The number of hydrogen-bond donors (Lipinski definition) is 1. The van der Waals surface area contributed by atoms with Gasteiger partial charge in [0.1, 0.15) is 0 Å². The van der Waals surface area contributed by atoms with Crippen LogP contribution in [0.4, 0.5) is 5.69 Å². The summed E-state index contributed by atoms with van der Waals surface area (Å²) < 4.78 is 54.9. The minimum absolute atomic E-state index is 0.0541. The average Bonchev–Trinajstić information content (AvgIpc) is 2.73. The van der Waals surface area contributed by atoms with Crippen LogP contribution in [0.15, 0.2) is 58.3 Å². The molecule has 1 fully saturated rings. The highest BCUT2D eigenvalue weighted by atomic mass is 32.2. The minimum Gasteiger partial charge on any atom is -0.465 e. The number of carbonyl (C=O) groups excluding carboxylic acids is 1. The number of nitrogens with zero attached hydrogens (tertiary/aromatic N) is 2. The molecule has 0 atom stereocenters. The van der Waals surface area contributed by atoms with Crippen LogP contribution in [0.5, 0.6) is 0 Å². The number of primary sulfonamides is 1. The number of hydrogen-bond acceptors (Lipinski definition) is 7. The van der Waals surface area contributed by atoms with E-state index in [0.29, 0.717) is 18.8 Å². The standard InChI is InChI=1S/C18H21N3O6S2/c1-27-18(22)16-13-15(28(19,23)24)7-8-17(16)20-9-11-21(12-10-20)29(25,26)14-5-3-2-4-6-14/h2-8,13H,9-12H2,1H3,(H2,19,23,24). The van der Waals surface area contributed by atoms with Crippen molar-refractivity contribution in [2.45, 2.75) is 9.79 Å². The van der Waals surface area contributed by atoms with Gasteiger partial charge in [-0.1, -0.05) is 18.2 Å². The number of ether oxygens (including phenoxy) is 1. The van der Waals surface area contributed by atoms with Crippen LogP contribution in [-0.2, 0) is 24.8 Å². The van der Waals surface area contributed by atoms with E-state index in [1.54, 1.807) is 30.3 Å². The van der Waals surface area contributed by atoms with Gasteiger partial charge in [-0.05, 0) is 30.3 Å². The number of nitrogens with two attached hydrogens (primary N) is 1. The van der Waals surface area contributed by atoms with Gasteiger partial charge in [-0.2, -0.15) is 4.31 Å². The molecule has 0 aromatic heterocycles. The van der Waals surface area contributed by atoms with Crippen LogP contribution in [-0.4, -0.2) is 60.4 Å². The normalized spacial score (nSPS) is 15.9. The smallest absolute Gasteiger partial charge is 0.340 e. The number of rotatable bonds is 5. The molecular weight excluding hydrogens is 418 g/mol. The van der Waals surface area contributed by atoms with Gasteiger partial charge in [0.15, 0.2) is 0 Å². The molecule has 2 N–H and O–H groups in total. The fourth-order valence-corrected chi connectivity index (χ4v) is 5.14. The van der Waals surface area contributed by atoms with Crippen molar-refractivity contribution in [1.29, 1.82) is 0 Å². The predicted octanol–water partition coefficient (Wildman–Crippen LogP) is 0.631. The fraction of sp³-hybridized carbons (Fsp3) is 0.278. The van der Waals surface area contributed by atoms with E-state index in [0.717, 1.165) is 0 Å². The van der Waals surface area contributed by atoms with Gasteiger partial charge >= 0.3 is 5.97 Å². The van der Waals surface area contributed by atoms with E-state index in [2.05, 4.69) is 0 Å². The third-order valence-electron chi connectivity index (χ3n) is 4.66. The Morgan fingerprint density at radius 1 is 0.931 bits per heavy atom. The molecule has 9 nitrogen and oxygen atoms in total. The summed E-state index contributed by atoms with van der Waals surface area (Å²) in [5.74, 6) is -0.704. The summed E-state index contributed by atoms with van der Waals surface area (Å²) >= 11 is 0.